The molecule has 6 heteroatoms. The highest BCUT2D eigenvalue weighted by Gasteiger charge is 2.25. The molecule has 23 heavy (non-hydrogen) atoms. The van der Waals surface area contributed by atoms with Crippen molar-refractivity contribution in [3.8, 4) is 11.9 Å². The highest BCUT2D eigenvalue weighted by atomic mass is 35.5. The molecule has 1 N–H and O–H groups in total. The Morgan fingerprint density at radius 3 is 2.61 bits per heavy atom. The fourth-order valence-corrected chi connectivity index (χ4v) is 2.66. The van der Waals surface area contributed by atoms with Crippen LogP contribution in [0.4, 0.5) is 0 Å². The van der Waals surface area contributed by atoms with Gasteiger partial charge in [-0.05, 0) is 31.0 Å². The summed E-state index contributed by atoms with van der Waals surface area (Å²) in [5, 5.41) is 19.9. The molecule has 0 amide bonds. The molecule has 0 bridgehead atoms. The monoisotopic (exact) mass is 330 g/mol. The quantitative estimate of drug-likeness (QED) is 0.873. The van der Waals surface area contributed by atoms with Gasteiger partial charge >= 0.3 is 0 Å². The van der Waals surface area contributed by atoms with E-state index in [1.807, 2.05) is 13.0 Å². The third-order valence-corrected chi connectivity index (χ3v) is 3.92. The van der Waals surface area contributed by atoms with Gasteiger partial charge in [-0.2, -0.15) is 5.26 Å². The lowest BCUT2D eigenvalue weighted by atomic mass is 9.97. The topological polar surface area (TPSA) is 83.1 Å². The molecule has 1 aromatic carbocycles. The van der Waals surface area contributed by atoms with Gasteiger partial charge in [0.05, 0.1) is 10.6 Å². The smallest absolute Gasteiger partial charge is 0.271 e. The van der Waals surface area contributed by atoms with Gasteiger partial charge in [0.2, 0.25) is 5.88 Å². The van der Waals surface area contributed by atoms with Crippen LogP contribution in [0.3, 0.4) is 0 Å². The molecular formula is C17H15ClN2O3. The predicted octanol–water partition coefficient (Wildman–Crippen LogP) is 3.03. The van der Waals surface area contributed by atoms with E-state index in [0.717, 1.165) is 4.57 Å². The summed E-state index contributed by atoms with van der Waals surface area (Å²) >= 11 is 6.04. The standard InChI is InChI=1S/C17H15ClN2O3/c1-3-8-20-16(22)12(9-19)10(2)14(17(20)23)15(21)11-6-4-5-7-13(11)18/h4-7,23H,3,8H2,1-2H3. The molecule has 0 aliphatic carbocycles. The maximum Gasteiger partial charge on any atom is 0.271 e. The Labute approximate surface area is 138 Å². The van der Waals surface area contributed by atoms with Crippen molar-refractivity contribution in [2.24, 2.45) is 0 Å². The van der Waals surface area contributed by atoms with Gasteiger partial charge < -0.3 is 5.11 Å². The van der Waals surface area contributed by atoms with Crippen molar-refractivity contribution in [3.05, 3.63) is 61.9 Å². The van der Waals surface area contributed by atoms with Crippen molar-refractivity contribution < 1.29 is 9.90 Å². The molecule has 1 aromatic heterocycles. The summed E-state index contributed by atoms with van der Waals surface area (Å²) in [7, 11) is 0. The van der Waals surface area contributed by atoms with Gasteiger partial charge in [-0.1, -0.05) is 30.7 Å². The van der Waals surface area contributed by atoms with Gasteiger partial charge in [0.1, 0.15) is 11.6 Å². The van der Waals surface area contributed by atoms with E-state index >= 15 is 0 Å². The molecule has 0 saturated carbocycles. The molecule has 118 valence electrons. The van der Waals surface area contributed by atoms with Crippen LogP contribution in [-0.2, 0) is 6.54 Å². The number of carbonyl (C=O) groups excluding carboxylic acids is 1. The van der Waals surface area contributed by atoms with Crippen molar-refractivity contribution in [1.29, 1.82) is 5.26 Å². The lowest BCUT2D eigenvalue weighted by Crippen LogP contribution is -2.26. The van der Waals surface area contributed by atoms with E-state index in [2.05, 4.69) is 0 Å². The molecule has 0 saturated heterocycles. The average molecular weight is 331 g/mol. The second-order valence-corrected chi connectivity index (χ2v) is 5.48. The molecule has 2 rings (SSSR count). The Morgan fingerprint density at radius 2 is 2.04 bits per heavy atom. The second kappa shape index (κ2) is 6.67. The number of rotatable bonds is 4. The zero-order chi connectivity index (χ0) is 17.1. The molecule has 1 heterocycles. The Bertz CT molecular complexity index is 879. The largest absolute Gasteiger partial charge is 0.494 e. The first-order chi connectivity index (χ1) is 10.9. The number of hydrogen-bond acceptors (Lipinski definition) is 4. The molecule has 0 aliphatic heterocycles. The molecule has 0 atom stereocenters. The summed E-state index contributed by atoms with van der Waals surface area (Å²) in [5.74, 6) is -0.953. The number of halogens is 1. The Balaban J connectivity index is 2.80. The summed E-state index contributed by atoms with van der Waals surface area (Å²) in [5.41, 5.74) is -0.445. The summed E-state index contributed by atoms with van der Waals surface area (Å²) in [6.07, 6.45) is 0.571. The summed E-state index contributed by atoms with van der Waals surface area (Å²) in [6.45, 7) is 3.51. The first-order valence-corrected chi connectivity index (χ1v) is 7.47. The van der Waals surface area contributed by atoms with Gasteiger partial charge in [-0.3, -0.25) is 14.2 Å². The van der Waals surface area contributed by atoms with Crippen LogP contribution in [0.25, 0.3) is 0 Å². The van der Waals surface area contributed by atoms with E-state index in [4.69, 9.17) is 11.6 Å². The number of aromatic hydroxyl groups is 1. The number of hydrogen-bond donors (Lipinski definition) is 1. The van der Waals surface area contributed by atoms with E-state index in [1.165, 1.54) is 13.0 Å². The first kappa shape index (κ1) is 16.8. The van der Waals surface area contributed by atoms with E-state index in [1.54, 1.807) is 18.2 Å². The van der Waals surface area contributed by atoms with Crippen LogP contribution in [-0.4, -0.2) is 15.5 Å². The molecule has 2 aromatic rings. The Hall–Kier alpha value is -2.58. The Kier molecular flexibility index (Phi) is 4.87. The molecule has 0 unspecified atom stereocenters. The predicted molar refractivity (Wildman–Crippen MR) is 87.0 cm³/mol. The van der Waals surface area contributed by atoms with Crippen LogP contribution in [0, 0.1) is 18.3 Å². The minimum absolute atomic E-state index is 0.0669. The highest BCUT2D eigenvalue weighted by molar-refractivity contribution is 6.35. The Morgan fingerprint density at radius 1 is 1.39 bits per heavy atom. The van der Waals surface area contributed by atoms with Crippen molar-refractivity contribution in [3.63, 3.8) is 0 Å². The number of nitrogens with zero attached hydrogens (tertiary/aromatic N) is 2. The number of carbonyl (C=O) groups is 1. The second-order valence-electron chi connectivity index (χ2n) is 5.08. The van der Waals surface area contributed by atoms with Crippen molar-refractivity contribution in [2.45, 2.75) is 26.8 Å². The number of pyridine rings is 1. The molecule has 0 aliphatic rings. The van der Waals surface area contributed by atoms with Crippen LogP contribution in [0.5, 0.6) is 5.88 Å². The first-order valence-electron chi connectivity index (χ1n) is 7.09. The van der Waals surface area contributed by atoms with Crippen LogP contribution in [0.1, 0.15) is 40.4 Å². The zero-order valence-corrected chi connectivity index (χ0v) is 13.5. The van der Waals surface area contributed by atoms with Crippen LogP contribution in [0.2, 0.25) is 5.02 Å². The van der Waals surface area contributed by atoms with Gasteiger partial charge in [0, 0.05) is 12.1 Å². The molecular weight excluding hydrogens is 316 g/mol. The SMILES string of the molecule is CCCn1c(O)c(C(=O)c2ccccc2Cl)c(C)c(C#N)c1=O. The van der Waals surface area contributed by atoms with Crippen molar-refractivity contribution >= 4 is 17.4 Å². The fourth-order valence-electron chi connectivity index (χ4n) is 2.43. The van der Waals surface area contributed by atoms with Crippen LogP contribution in [0.15, 0.2) is 29.1 Å². The van der Waals surface area contributed by atoms with Gasteiger partial charge in [0.25, 0.3) is 5.56 Å². The van der Waals surface area contributed by atoms with E-state index in [-0.39, 0.29) is 33.8 Å². The number of benzene rings is 1. The van der Waals surface area contributed by atoms with Crippen LogP contribution < -0.4 is 5.56 Å². The third kappa shape index (κ3) is 2.86. The van der Waals surface area contributed by atoms with E-state index < -0.39 is 17.2 Å². The zero-order valence-electron chi connectivity index (χ0n) is 12.8. The number of aromatic nitrogens is 1. The van der Waals surface area contributed by atoms with Gasteiger partial charge in [-0.15, -0.1) is 0 Å². The lowest BCUT2D eigenvalue weighted by Gasteiger charge is -2.15. The normalized spacial score (nSPS) is 10.3. The van der Waals surface area contributed by atoms with Crippen LogP contribution >= 0.6 is 11.6 Å². The number of ketones is 1. The molecule has 0 radical (unpaired) electrons. The van der Waals surface area contributed by atoms with Gasteiger partial charge in [-0.25, -0.2) is 0 Å². The summed E-state index contributed by atoms with van der Waals surface area (Å²) in [6, 6.07) is 8.25. The lowest BCUT2D eigenvalue weighted by molar-refractivity contribution is 0.103. The van der Waals surface area contributed by atoms with E-state index in [0.29, 0.717) is 6.42 Å². The van der Waals surface area contributed by atoms with E-state index in [9.17, 15) is 20.0 Å². The fraction of sp³-hybridized carbons (Fsp3) is 0.235. The maximum atomic E-state index is 12.8. The minimum atomic E-state index is -0.597. The van der Waals surface area contributed by atoms with Gasteiger partial charge in [0.15, 0.2) is 5.78 Å². The molecule has 5 nitrogen and oxygen atoms in total. The molecule has 0 spiro atoms. The average Bonchev–Trinajstić information content (AvgIpc) is 2.52. The van der Waals surface area contributed by atoms with Crippen molar-refractivity contribution in [1.82, 2.24) is 4.57 Å². The van der Waals surface area contributed by atoms with Crippen molar-refractivity contribution in [2.75, 3.05) is 0 Å². The highest BCUT2D eigenvalue weighted by Crippen LogP contribution is 2.27. The number of nitriles is 1. The molecule has 0 fully saturated rings. The maximum absolute atomic E-state index is 12.8. The summed E-state index contributed by atoms with van der Waals surface area (Å²) in [4.78, 5) is 25.0. The summed E-state index contributed by atoms with van der Waals surface area (Å²) < 4.78 is 1.05. The third-order valence-electron chi connectivity index (χ3n) is 3.59. The minimum Gasteiger partial charge on any atom is -0.494 e.